The topological polar surface area (TPSA) is 150 Å². The minimum Gasteiger partial charge on any atom is -0.496 e. The zero-order valence-corrected chi connectivity index (χ0v) is 30.3. The van der Waals surface area contributed by atoms with Gasteiger partial charge in [-0.3, -0.25) is 19.6 Å². The molecular weight excluding hydrogens is 658 g/mol. The van der Waals surface area contributed by atoms with Crippen LogP contribution in [0.15, 0.2) is 61.1 Å². The minimum absolute atomic E-state index is 0.0165. The van der Waals surface area contributed by atoms with Crippen LogP contribution in [0, 0.1) is 12.8 Å². The van der Waals surface area contributed by atoms with Crippen molar-refractivity contribution in [3.05, 3.63) is 77.7 Å². The standard InChI is InChI=1S/C24H37N3O2.C15H12N6O2/c1-19-16-22(9-10-23(19)21(18-28)8-11-24(29)25-2)27-14-12-26(13-15-27)17-20-6-4-3-5-7-20;1-23-12-6-11-9(7-17-20-11)5-10(12)15(22)19-14-8-16-13-3-2-4-18-21(13)14/h9-10,16,18,20-21H,3-8,11-15,17H2,1-2H3,(H,25,29);2-8H,1H3,(H,17,20)(H,19,22). The molecule has 7 rings (SSSR count). The molecule has 13 heteroatoms. The van der Waals surface area contributed by atoms with Crippen molar-refractivity contribution in [1.82, 2.24) is 35.0 Å². The molecule has 13 nitrogen and oxygen atoms in total. The van der Waals surface area contributed by atoms with Crippen LogP contribution in [-0.4, -0.2) is 94.7 Å². The highest BCUT2D eigenvalue weighted by atomic mass is 16.5. The van der Waals surface area contributed by atoms with Crippen LogP contribution in [0.4, 0.5) is 11.5 Å². The van der Waals surface area contributed by atoms with Crippen LogP contribution in [0.1, 0.15) is 72.3 Å². The lowest BCUT2D eigenvalue weighted by atomic mass is 9.89. The molecule has 1 saturated heterocycles. The van der Waals surface area contributed by atoms with E-state index in [2.05, 4.69) is 65.8 Å². The van der Waals surface area contributed by atoms with E-state index < -0.39 is 0 Å². The van der Waals surface area contributed by atoms with E-state index in [-0.39, 0.29) is 17.7 Å². The second-order valence-electron chi connectivity index (χ2n) is 13.7. The number of benzene rings is 2. The van der Waals surface area contributed by atoms with E-state index in [1.165, 1.54) is 51.4 Å². The molecule has 4 heterocycles. The van der Waals surface area contributed by atoms with Crippen LogP contribution >= 0.6 is 0 Å². The molecule has 2 fully saturated rings. The Morgan fingerprint density at radius 3 is 2.60 bits per heavy atom. The first-order valence-corrected chi connectivity index (χ1v) is 18.2. The summed E-state index contributed by atoms with van der Waals surface area (Å²) in [6, 6.07) is 13.5. The molecular formula is C39H49N9O4. The van der Waals surface area contributed by atoms with Crippen LogP contribution in [0.5, 0.6) is 5.75 Å². The van der Waals surface area contributed by atoms with Crippen molar-refractivity contribution in [2.75, 3.05) is 57.1 Å². The number of aldehydes is 1. The number of aromatic nitrogens is 5. The summed E-state index contributed by atoms with van der Waals surface area (Å²) in [5.74, 6) is 1.32. The van der Waals surface area contributed by atoms with Crippen molar-refractivity contribution >= 4 is 46.2 Å². The van der Waals surface area contributed by atoms with Gasteiger partial charge in [-0.1, -0.05) is 25.3 Å². The largest absolute Gasteiger partial charge is 0.496 e. The monoisotopic (exact) mass is 707 g/mol. The second-order valence-corrected chi connectivity index (χ2v) is 13.7. The number of carbonyl (C=O) groups is 3. The number of nitrogens with one attached hydrogen (secondary N) is 3. The number of H-pyrrole nitrogens is 1. The third kappa shape index (κ3) is 8.76. The Balaban J connectivity index is 0.000000183. The lowest BCUT2D eigenvalue weighted by Gasteiger charge is -2.38. The third-order valence-electron chi connectivity index (χ3n) is 10.3. The van der Waals surface area contributed by atoms with Gasteiger partial charge in [0.15, 0.2) is 11.5 Å². The Kier molecular flexibility index (Phi) is 12.1. The fraction of sp³-hybridized carbons (Fsp3) is 0.436. The summed E-state index contributed by atoms with van der Waals surface area (Å²) >= 11 is 0. The molecule has 274 valence electrons. The van der Waals surface area contributed by atoms with E-state index in [9.17, 15) is 14.4 Å². The van der Waals surface area contributed by atoms with Crippen molar-refractivity contribution in [2.45, 2.75) is 57.8 Å². The summed E-state index contributed by atoms with van der Waals surface area (Å²) in [6.07, 6.45) is 13.9. The quantitative estimate of drug-likeness (QED) is 0.154. The van der Waals surface area contributed by atoms with Gasteiger partial charge in [0.2, 0.25) is 5.91 Å². The number of imidazole rings is 1. The Hall–Kier alpha value is -5.30. The molecule has 1 unspecified atom stereocenters. The van der Waals surface area contributed by atoms with Gasteiger partial charge in [-0.05, 0) is 73.6 Å². The molecule has 2 aromatic carbocycles. The number of amides is 2. The summed E-state index contributed by atoms with van der Waals surface area (Å²) in [4.78, 5) is 45.0. The maximum absolute atomic E-state index is 12.6. The smallest absolute Gasteiger partial charge is 0.260 e. The van der Waals surface area contributed by atoms with E-state index in [0.717, 1.165) is 60.4 Å². The number of carbonyl (C=O) groups excluding carboxylic acids is 3. The lowest BCUT2D eigenvalue weighted by molar-refractivity contribution is -0.120. The number of rotatable bonds is 11. The average Bonchev–Trinajstić information content (AvgIpc) is 3.82. The predicted octanol–water partition coefficient (Wildman–Crippen LogP) is 5.37. The van der Waals surface area contributed by atoms with Crippen molar-refractivity contribution in [3.8, 4) is 5.75 Å². The number of anilines is 2. The average molecular weight is 708 g/mol. The number of aryl methyl sites for hydroxylation is 1. The molecule has 0 radical (unpaired) electrons. The van der Waals surface area contributed by atoms with Gasteiger partial charge in [0, 0.05) is 75.4 Å². The Labute approximate surface area is 304 Å². The highest BCUT2D eigenvalue weighted by Crippen LogP contribution is 2.29. The molecule has 0 spiro atoms. The van der Waals surface area contributed by atoms with Gasteiger partial charge in [0.1, 0.15) is 12.0 Å². The van der Waals surface area contributed by atoms with Crippen LogP contribution in [-0.2, 0) is 9.59 Å². The fourth-order valence-electron chi connectivity index (χ4n) is 7.32. The van der Waals surface area contributed by atoms with E-state index in [0.29, 0.717) is 35.6 Å². The summed E-state index contributed by atoms with van der Waals surface area (Å²) < 4.78 is 6.86. The van der Waals surface area contributed by atoms with Gasteiger partial charge in [-0.2, -0.15) is 14.7 Å². The first-order valence-electron chi connectivity index (χ1n) is 18.2. The lowest BCUT2D eigenvalue weighted by Crippen LogP contribution is -2.48. The van der Waals surface area contributed by atoms with E-state index >= 15 is 0 Å². The molecule has 0 bridgehead atoms. The number of piperazine rings is 1. The highest BCUT2D eigenvalue weighted by molar-refractivity contribution is 6.08. The van der Waals surface area contributed by atoms with Crippen molar-refractivity contribution in [2.24, 2.45) is 5.92 Å². The molecule has 1 aliphatic heterocycles. The number of nitrogens with zero attached hydrogens (tertiary/aromatic N) is 6. The van der Waals surface area contributed by atoms with Gasteiger partial charge in [0.05, 0.1) is 30.6 Å². The second kappa shape index (κ2) is 17.3. The van der Waals surface area contributed by atoms with Gasteiger partial charge < -0.3 is 25.1 Å². The number of hydrogen-bond donors (Lipinski definition) is 3. The Bertz CT molecular complexity index is 1980. The van der Waals surface area contributed by atoms with Crippen LogP contribution in [0.25, 0.3) is 16.6 Å². The van der Waals surface area contributed by atoms with Gasteiger partial charge in [-0.25, -0.2) is 4.98 Å². The minimum atomic E-state index is -0.308. The summed E-state index contributed by atoms with van der Waals surface area (Å²) in [5.41, 5.74) is 5.30. The van der Waals surface area contributed by atoms with Crippen molar-refractivity contribution in [1.29, 1.82) is 0 Å². The van der Waals surface area contributed by atoms with Gasteiger partial charge >= 0.3 is 0 Å². The van der Waals surface area contributed by atoms with E-state index in [1.807, 2.05) is 0 Å². The molecule has 3 aromatic heterocycles. The number of hydrogen-bond acceptors (Lipinski definition) is 9. The van der Waals surface area contributed by atoms with Crippen molar-refractivity contribution in [3.63, 3.8) is 0 Å². The highest BCUT2D eigenvalue weighted by Gasteiger charge is 2.23. The van der Waals surface area contributed by atoms with Crippen LogP contribution in [0.3, 0.4) is 0 Å². The summed E-state index contributed by atoms with van der Waals surface area (Å²) in [7, 11) is 3.15. The molecule has 1 saturated carbocycles. The van der Waals surface area contributed by atoms with E-state index in [1.54, 1.807) is 54.4 Å². The fourth-order valence-corrected chi connectivity index (χ4v) is 7.32. The maximum atomic E-state index is 12.6. The normalized spacial score (nSPS) is 15.9. The van der Waals surface area contributed by atoms with Crippen LogP contribution < -0.4 is 20.3 Å². The third-order valence-corrected chi connectivity index (χ3v) is 10.3. The molecule has 1 aliphatic carbocycles. The van der Waals surface area contributed by atoms with Gasteiger partial charge in [-0.15, -0.1) is 0 Å². The van der Waals surface area contributed by atoms with Gasteiger partial charge in [0.25, 0.3) is 5.91 Å². The first-order chi connectivity index (χ1) is 25.4. The Morgan fingerprint density at radius 2 is 1.87 bits per heavy atom. The molecule has 5 aromatic rings. The molecule has 2 aliphatic rings. The molecule has 2 amide bonds. The Morgan fingerprint density at radius 1 is 1.06 bits per heavy atom. The number of aromatic amines is 1. The first kappa shape index (κ1) is 36.5. The van der Waals surface area contributed by atoms with Crippen LogP contribution in [0.2, 0.25) is 0 Å². The summed E-state index contributed by atoms with van der Waals surface area (Å²) in [6.45, 7) is 7.77. The maximum Gasteiger partial charge on any atom is 0.260 e. The molecule has 3 N–H and O–H groups in total. The van der Waals surface area contributed by atoms with Crippen molar-refractivity contribution < 1.29 is 19.1 Å². The predicted molar refractivity (Wildman–Crippen MR) is 202 cm³/mol. The number of ether oxygens (including phenoxy) is 1. The molecule has 1 atom stereocenters. The number of methoxy groups -OCH3 is 1. The SMILES string of the molecule is CNC(=O)CCC(C=O)c1ccc(N2CCN(CC3CCCCC3)CC2)cc1C.COc1cc2[nH]ncc2cc1C(=O)Nc1cnc2cccnn12. The summed E-state index contributed by atoms with van der Waals surface area (Å²) in [5, 5.41) is 17.2. The number of fused-ring (bicyclic) bond motifs is 2. The zero-order chi connectivity index (χ0) is 36.5. The molecule has 52 heavy (non-hydrogen) atoms. The van der Waals surface area contributed by atoms with E-state index in [4.69, 9.17) is 4.74 Å². The zero-order valence-electron chi connectivity index (χ0n) is 30.3.